The van der Waals surface area contributed by atoms with Gasteiger partial charge < -0.3 is 15.4 Å². The van der Waals surface area contributed by atoms with Crippen molar-refractivity contribution in [3.8, 4) is 5.75 Å². The highest BCUT2D eigenvalue weighted by atomic mass is 16.5. The lowest BCUT2D eigenvalue weighted by molar-refractivity contribution is -0.123. The topological polar surface area (TPSA) is 88.8 Å². The lowest BCUT2D eigenvalue weighted by atomic mass is 10.0. The number of methoxy groups -OCH3 is 1. The molecule has 7 nitrogen and oxygen atoms in total. The normalized spacial score (nSPS) is 21.2. The molecule has 0 spiro atoms. The number of ether oxygens (including phenoxy) is 1. The summed E-state index contributed by atoms with van der Waals surface area (Å²) in [6, 6.07) is 9.49. The monoisotopic (exact) mass is 382 g/mol. The Morgan fingerprint density at radius 1 is 1.11 bits per heavy atom. The Hall–Kier alpha value is -2.67. The van der Waals surface area contributed by atoms with Gasteiger partial charge >= 0.3 is 0 Å². The lowest BCUT2D eigenvalue weighted by Crippen LogP contribution is -2.51. The Morgan fingerprint density at radius 2 is 1.89 bits per heavy atom. The van der Waals surface area contributed by atoms with Crippen LogP contribution in [-0.4, -0.2) is 65.4 Å². The Bertz CT molecular complexity index is 892. The van der Waals surface area contributed by atoms with E-state index in [0.29, 0.717) is 24.8 Å². The van der Waals surface area contributed by atoms with Crippen LogP contribution in [0.2, 0.25) is 0 Å². The number of piperidine rings is 1. The van der Waals surface area contributed by atoms with Gasteiger partial charge in [-0.1, -0.05) is 6.07 Å². The Balaban J connectivity index is 1.42. The van der Waals surface area contributed by atoms with Crippen LogP contribution in [-0.2, 0) is 4.79 Å². The van der Waals surface area contributed by atoms with Crippen molar-refractivity contribution < 1.29 is 14.3 Å². The first-order valence-electron chi connectivity index (χ1n) is 9.86. The van der Waals surface area contributed by atoms with E-state index in [1.807, 2.05) is 29.2 Å². The number of primary amides is 1. The molecule has 2 N–H and O–H groups in total. The summed E-state index contributed by atoms with van der Waals surface area (Å²) in [4.78, 5) is 33.2. The average Bonchev–Trinajstić information content (AvgIpc) is 3.23. The van der Waals surface area contributed by atoms with Gasteiger partial charge in [0.25, 0.3) is 5.91 Å². The number of nitrogens with two attached hydrogens (primary N) is 1. The molecule has 1 aromatic heterocycles. The molecule has 0 saturated carbocycles. The van der Waals surface area contributed by atoms with Gasteiger partial charge in [-0.2, -0.15) is 0 Å². The minimum Gasteiger partial charge on any atom is -0.497 e. The molecule has 1 atom stereocenters. The zero-order valence-electron chi connectivity index (χ0n) is 16.1. The highest BCUT2D eigenvalue weighted by Gasteiger charge is 2.36. The molecule has 0 radical (unpaired) electrons. The van der Waals surface area contributed by atoms with Crippen molar-refractivity contribution in [3.05, 3.63) is 36.0 Å². The van der Waals surface area contributed by atoms with Crippen LogP contribution in [0.3, 0.4) is 0 Å². The fourth-order valence-corrected chi connectivity index (χ4v) is 4.44. The number of fused-ring (bicyclic) bond motifs is 1. The summed E-state index contributed by atoms with van der Waals surface area (Å²) in [6.07, 6.45) is 3.58. The van der Waals surface area contributed by atoms with Gasteiger partial charge in [-0.05, 0) is 56.5 Å². The third-order valence-corrected chi connectivity index (χ3v) is 5.96. The number of pyridine rings is 1. The van der Waals surface area contributed by atoms with Crippen LogP contribution in [0.5, 0.6) is 5.75 Å². The SMILES string of the molecule is COc1ccc2nc(C(=O)N3CCC(N4CCCC4C(N)=O)CC3)ccc2c1. The summed E-state index contributed by atoms with van der Waals surface area (Å²) >= 11 is 0. The third kappa shape index (κ3) is 3.54. The second-order valence-electron chi connectivity index (χ2n) is 7.58. The van der Waals surface area contributed by atoms with E-state index in [0.717, 1.165) is 48.9 Å². The molecule has 2 aliphatic heterocycles. The number of carbonyl (C=O) groups excluding carboxylic acids is 2. The minimum atomic E-state index is -0.229. The van der Waals surface area contributed by atoms with Crippen LogP contribution < -0.4 is 10.5 Å². The zero-order valence-corrected chi connectivity index (χ0v) is 16.1. The number of hydrogen-bond acceptors (Lipinski definition) is 5. The minimum absolute atomic E-state index is 0.0379. The molecule has 7 heteroatoms. The van der Waals surface area contributed by atoms with Crippen LogP contribution in [0.25, 0.3) is 10.9 Å². The Kier molecular flexibility index (Phi) is 5.17. The molecule has 1 unspecified atom stereocenters. The molecular weight excluding hydrogens is 356 g/mol. The largest absolute Gasteiger partial charge is 0.497 e. The van der Waals surface area contributed by atoms with Crippen LogP contribution in [0.1, 0.15) is 36.2 Å². The number of aromatic nitrogens is 1. The maximum atomic E-state index is 12.9. The predicted octanol–water partition coefficient (Wildman–Crippen LogP) is 1.80. The highest BCUT2D eigenvalue weighted by Crippen LogP contribution is 2.27. The second-order valence-corrected chi connectivity index (χ2v) is 7.58. The van der Waals surface area contributed by atoms with Gasteiger partial charge in [-0.3, -0.25) is 14.5 Å². The molecule has 3 heterocycles. The van der Waals surface area contributed by atoms with Gasteiger partial charge in [0.2, 0.25) is 5.91 Å². The highest BCUT2D eigenvalue weighted by molar-refractivity contribution is 5.95. The first kappa shape index (κ1) is 18.7. The van der Waals surface area contributed by atoms with Crippen molar-refractivity contribution in [1.82, 2.24) is 14.8 Å². The van der Waals surface area contributed by atoms with E-state index in [9.17, 15) is 9.59 Å². The lowest BCUT2D eigenvalue weighted by Gasteiger charge is -2.38. The van der Waals surface area contributed by atoms with Gasteiger partial charge in [-0.15, -0.1) is 0 Å². The van der Waals surface area contributed by atoms with E-state index in [-0.39, 0.29) is 17.9 Å². The molecule has 2 aromatic rings. The molecule has 28 heavy (non-hydrogen) atoms. The third-order valence-electron chi connectivity index (χ3n) is 5.96. The molecule has 148 valence electrons. The zero-order chi connectivity index (χ0) is 19.7. The summed E-state index contributed by atoms with van der Waals surface area (Å²) in [5.41, 5.74) is 6.79. The molecule has 2 fully saturated rings. The first-order chi connectivity index (χ1) is 13.6. The standard InChI is InChI=1S/C21H26N4O3/c1-28-16-5-7-17-14(13-16)4-6-18(23-17)21(27)24-11-8-15(9-12-24)25-10-2-3-19(25)20(22)26/h4-7,13,15,19H,2-3,8-12H2,1H3,(H2,22,26). The van der Waals surface area contributed by atoms with Crippen molar-refractivity contribution in [2.75, 3.05) is 26.7 Å². The van der Waals surface area contributed by atoms with Gasteiger partial charge in [0.05, 0.1) is 18.7 Å². The van der Waals surface area contributed by atoms with Crippen molar-refractivity contribution >= 4 is 22.7 Å². The molecule has 0 bridgehead atoms. The number of hydrogen-bond donors (Lipinski definition) is 1. The van der Waals surface area contributed by atoms with E-state index in [1.165, 1.54) is 0 Å². The molecule has 2 saturated heterocycles. The molecule has 2 aliphatic rings. The number of likely N-dealkylation sites (tertiary alicyclic amines) is 2. The van der Waals surface area contributed by atoms with Gasteiger partial charge in [-0.25, -0.2) is 4.98 Å². The number of rotatable bonds is 4. The van der Waals surface area contributed by atoms with Crippen LogP contribution in [0, 0.1) is 0 Å². The summed E-state index contributed by atoms with van der Waals surface area (Å²) in [7, 11) is 1.63. The van der Waals surface area contributed by atoms with Gasteiger partial charge in [0, 0.05) is 24.5 Å². The quantitative estimate of drug-likeness (QED) is 0.871. The second kappa shape index (κ2) is 7.75. The summed E-state index contributed by atoms with van der Waals surface area (Å²) in [5.74, 6) is 0.503. The van der Waals surface area contributed by atoms with Crippen molar-refractivity contribution in [2.24, 2.45) is 5.73 Å². The molecular formula is C21H26N4O3. The maximum absolute atomic E-state index is 12.9. The number of amides is 2. The van der Waals surface area contributed by atoms with Crippen LogP contribution in [0.4, 0.5) is 0 Å². The van der Waals surface area contributed by atoms with E-state index in [2.05, 4.69) is 9.88 Å². The summed E-state index contributed by atoms with van der Waals surface area (Å²) < 4.78 is 5.23. The van der Waals surface area contributed by atoms with Crippen molar-refractivity contribution in [1.29, 1.82) is 0 Å². The van der Waals surface area contributed by atoms with E-state index in [4.69, 9.17) is 10.5 Å². The maximum Gasteiger partial charge on any atom is 0.272 e. The van der Waals surface area contributed by atoms with E-state index < -0.39 is 0 Å². The average molecular weight is 382 g/mol. The van der Waals surface area contributed by atoms with Crippen LogP contribution >= 0.6 is 0 Å². The predicted molar refractivity (Wildman–Crippen MR) is 106 cm³/mol. The fraction of sp³-hybridized carbons (Fsp3) is 0.476. The Labute approximate surface area is 164 Å². The van der Waals surface area contributed by atoms with E-state index in [1.54, 1.807) is 13.2 Å². The van der Waals surface area contributed by atoms with E-state index >= 15 is 0 Å². The van der Waals surface area contributed by atoms with Gasteiger partial charge in [0.15, 0.2) is 0 Å². The Morgan fingerprint density at radius 3 is 2.61 bits per heavy atom. The smallest absolute Gasteiger partial charge is 0.272 e. The fourth-order valence-electron chi connectivity index (χ4n) is 4.44. The van der Waals surface area contributed by atoms with Gasteiger partial charge in [0.1, 0.15) is 11.4 Å². The number of carbonyl (C=O) groups is 2. The number of nitrogens with zero attached hydrogens (tertiary/aromatic N) is 3. The van der Waals surface area contributed by atoms with Crippen molar-refractivity contribution in [2.45, 2.75) is 37.8 Å². The molecule has 0 aliphatic carbocycles. The number of benzene rings is 1. The van der Waals surface area contributed by atoms with Crippen LogP contribution in [0.15, 0.2) is 30.3 Å². The molecule has 2 amide bonds. The first-order valence-corrected chi connectivity index (χ1v) is 9.86. The summed E-state index contributed by atoms with van der Waals surface area (Å²) in [6.45, 7) is 2.27. The van der Waals surface area contributed by atoms with Crippen molar-refractivity contribution in [3.63, 3.8) is 0 Å². The molecule has 1 aromatic carbocycles. The molecule has 4 rings (SSSR count). The summed E-state index contributed by atoms with van der Waals surface area (Å²) in [5, 5.41) is 0.945.